The van der Waals surface area contributed by atoms with Crippen molar-refractivity contribution in [2.45, 2.75) is 19.4 Å². The van der Waals surface area contributed by atoms with Gasteiger partial charge in [-0.2, -0.15) is 0 Å². The third-order valence-corrected chi connectivity index (χ3v) is 4.53. The number of piperazine rings is 1. The fraction of sp³-hybridized carbons (Fsp3) is 0.643. The summed E-state index contributed by atoms with van der Waals surface area (Å²) in [7, 11) is 0. The lowest BCUT2D eigenvalue weighted by Gasteiger charge is -2.27. The van der Waals surface area contributed by atoms with E-state index in [1.165, 1.54) is 11.3 Å². The monoisotopic (exact) mass is 298 g/mol. The summed E-state index contributed by atoms with van der Waals surface area (Å²) >= 11 is 1.32. The van der Waals surface area contributed by atoms with Crippen molar-refractivity contribution in [3.8, 4) is 0 Å². The van der Waals surface area contributed by atoms with Crippen molar-refractivity contribution in [3.63, 3.8) is 0 Å². The molecule has 1 atom stereocenters. The maximum absolute atomic E-state index is 11.6. The van der Waals surface area contributed by atoms with Crippen LogP contribution < -0.4 is 5.32 Å². The Morgan fingerprint density at radius 1 is 1.50 bits per heavy atom. The highest BCUT2D eigenvalue weighted by Gasteiger charge is 2.17. The molecule has 5 nitrogen and oxygen atoms in total. The zero-order valence-electron chi connectivity index (χ0n) is 11.8. The molecule has 1 fully saturated rings. The first-order valence-corrected chi connectivity index (χ1v) is 7.90. The first-order chi connectivity index (χ1) is 9.70. The van der Waals surface area contributed by atoms with E-state index in [2.05, 4.69) is 10.2 Å². The van der Waals surface area contributed by atoms with E-state index in [1.807, 2.05) is 6.07 Å². The molecule has 0 bridgehead atoms. The van der Waals surface area contributed by atoms with E-state index in [-0.39, 0.29) is 5.97 Å². The van der Waals surface area contributed by atoms with Crippen LogP contribution in [0.4, 0.5) is 0 Å². The highest BCUT2D eigenvalue weighted by molar-refractivity contribution is 7.14. The molecule has 6 heteroatoms. The van der Waals surface area contributed by atoms with Crippen LogP contribution >= 0.6 is 11.3 Å². The summed E-state index contributed by atoms with van der Waals surface area (Å²) < 4.78 is 4.95. The SMILES string of the molecule is CCOC(=O)c1ccc(C(O)CCN2CCNCC2)s1. The Balaban J connectivity index is 1.82. The fourth-order valence-electron chi connectivity index (χ4n) is 2.23. The molecule has 1 unspecified atom stereocenters. The lowest BCUT2D eigenvalue weighted by Crippen LogP contribution is -2.43. The van der Waals surface area contributed by atoms with Gasteiger partial charge in [0.05, 0.1) is 12.7 Å². The number of aliphatic hydroxyl groups is 1. The van der Waals surface area contributed by atoms with Crippen molar-refractivity contribution < 1.29 is 14.6 Å². The normalized spacial score (nSPS) is 17.9. The summed E-state index contributed by atoms with van der Waals surface area (Å²) in [4.78, 5) is 15.3. The van der Waals surface area contributed by atoms with Crippen LogP contribution in [-0.2, 0) is 4.74 Å². The third kappa shape index (κ3) is 4.28. The summed E-state index contributed by atoms with van der Waals surface area (Å²) in [6.45, 7) is 7.14. The molecule has 0 aromatic carbocycles. The number of thiophene rings is 1. The lowest BCUT2D eigenvalue weighted by atomic mass is 10.2. The smallest absolute Gasteiger partial charge is 0.348 e. The average molecular weight is 298 g/mol. The topological polar surface area (TPSA) is 61.8 Å². The molecule has 0 aliphatic carbocycles. The van der Waals surface area contributed by atoms with Gasteiger partial charge in [-0.1, -0.05) is 0 Å². The van der Waals surface area contributed by atoms with E-state index < -0.39 is 6.10 Å². The van der Waals surface area contributed by atoms with Gasteiger partial charge >= 0.3 is 5.97 Å². The molecule has 1 saturated heterocycles. The maximum Gasteiger partial charge on any atom is 0.348 e. The van der Waals surface area contributed by atoms with E-state index in [9.17, 15) is 9.90 Å². The Kier molecular flexibility index (Phi) is 5.97. The van der Waals surface area contributed by atoms with E-state index in [0.29, 0.717) is 17.9 Å². The van der Waals surface area contributed by atoms with E-state index in [0.717, 1.165) is 37.6 Å². The molecule has 0 spiro atoms. The molecule has 1 aromatic heterocycles. The Morgan fingerprint density at radius 3 is 2.95 bits per heavy atom. The molecule has 0 amide bonds. The van der Waals surface area contributed by atoms with E-state index in [1.54, 1.807) is 13.0 Å². The van der Waals surface area contributed by atoms with E-state index >= 15 is 0 Å². The quantitative estimate of drug-likeness (QED) is 0.774. The number of esters is 1. The van der Waals surface area contributed by atoms with Crippen LogP contribution in [0.5, 0.6) is 0 Å². The molecule has 1 aromatic rings. The van der Waals surface area contributed by atoms with Crippen molar-refractivity contribution in [2.75, 3.05) is 39.3 Å². The predicted octanol–water partition coefficient (Wildman–Crippen LogP) is 1.25. The molecule has 2 rings (SSSR count). The first kappa shape index (κ1) is 15.4. The van der Waals surface area contributed by atoms with Crippen molar-refractivity contribution in [1.82, 2.24) is 10.2 Å². The number of hydrogen-bond acceptors (Lipinski definition) is 6. The van der Waals surface area contributed by atoms with Gasteiger partial charge in [0.15, 0.2) is 0 Å². The fourth-order valence-corrected chi connectivity index (χ4v) is 3.15. The van der Waals surface area contributed by atoms with Gasteiger partial charge in [0, 0.05) is 37.6 Å². The number of carbonyl (C=O) groups excluding carboxylic acids is 1. The Morgan fingerprint density at radius 2 is 2.25 bits per heavy atom. The van der Waals surface area contributed by atoms with Crippen LogP contribution in [0, 0.1) is 0 Å². The highest BCUT2D eigenvalue weighted by Crippen LogP contribution is 2.26. The number of aliphatic hydroxyl groups excluding tert-OH is 1. The van der Waals surface area contributed by atoms with Gasteiger partial charge in [0.2, 0.25) is 0 Å². The van der Waals surface area contributed by atoms with Gasteiger partial charge in [-0.15, -0.1) is 11.3 Å². The van der Waals surface area contributed by atoms with Gasteiger partial charge < -0.3 is 20.1 Å². The summed E-state index contributed by atoms with van der Waals surface area (Å²) in [5, 5.41) is 13.5. The molecule has 112 valence electrons. The zero-order valence-corrected chi connectivity index (χ0v) is 12.6. The van der Waals surface area contributed by atoms with Crippen LogP contribution in [0.3, 0.4) is 0 Å². The van der Waals surface area contributed by atoms with Crippen LogP contribution in [-0.4, -0.2) is 55.3 Å². The molecule has 1 aliphatic heterocycles. The van der Waals surface area contributed by atoms with Crippen LogP contribution in [0.25, 0.3) is 0 Å². The zero-order chi connectivity index (χ0) is 14.4. The predicted molar refractivity (Wildman–Crippen MR) is 79.2 cm³/mol. The van der Waals surface area contributed by atoms with E-state index in [4.69, 9.17) is 4.74 Å². The minimum Gasteiger partial charge on any atom is -0.462 e. The summed E-state index contributed by atoms with van der Waals surface area (Å²) in [6, 6.07) is 3.55. The summed E-state index contributed by atoms with van der Waals surface area (Å²) in [5.74, 6) is -0.307. The molecule has 2 N–H and O–H groups in total. The first-order valence-electron chi connectivity index (χ1n) is 7.08. The minimum atomic E-state index is -0.502. The molecule has 1 aliphatic rings. The Labute approximate surface area is 123 Å². The summed E-state index contributed by atoms with van der Waals surface area (Å²) in [6.07, 6.45) is 0.195. The minimum absolute atomic E-state index is 0.307. The van der Waals surface area contributed by atoms with Crippen LogP contribution in [0.1, 0.15) is 34.0 Å². The molecule has 2 heterocycles. The summed E-state index contributed by atoms with van der Waals surface area (Å²) in [5.41, 5.74) is 0. The molecule has 0 saturated carbocycles. The van der Waals surface area contributed by atoms with Crippen molar-refractivity contribution in [2.24, 2.45) is 0 Å². The molecular weight excluding hydrogens is 276 g/mol. The van der Waals surface area contributed by atoms with Crippen molar-refractivity contribution >= 4 is 17.3 Å². The maximum atomic E-state index is 11.6. The van der Waals surface area contributed by atoms with Gasteiger partial charge in [-0.25, -0.2) is 4.79 Å². The molecule has 20 heavy (non-hydrogen) atoms. The second kappa shape index (κ2) is 7.73. The number of rotatable bonds is 6. The number of nitrogens with one attached hydrogen (secondary N) is 1. The van der Waals surface area contributed by atoms with Crippen molar-refractivity contribution in [3.05, 3.63) is 21.9 Å². The Hall–Kier alpha value is -0.950. The number of carbonyl (C=O) groups is 1. The van der Waals surface area contributed by atoms with Gasteiger partial charge in [0.1, 0.15) is 4.88 Å². The van der Waals surface area contributed by atoms with Crippen molar-refractivity contribution in [1.29, 1.82) is 0 Å². The number of hydrogen-bond donors (Lipinski definition) is 2. The number of nitrogens with zero attached hydrogens (tertiary/aromatic N) is 1. The van der Waals surface area contributed by atoms with Gasteiger partial charge in [-0.05, 0) is 25.5 Å². The van der Waals surface area contributed by atoms with Gasteiger partial charge in [0.25, 0.3) is 0 Å². The molecule has 0 radical (unpaired) electrons. The average Bonchev–Trinajstić information content (AvgIpc) is 2.96. The lowest BCUT2D eigenvalue weighted by molar-refractivity contribution is 0.0532. The van der Waals surface area contributed by atoms with Crippen LogP contribution in [0.2, 0.25) is 0 Å². The standard InChI is InChI=1S/C14H22N2O3S/c1-2-19-14(18)13-4-3-12(20-13)11(17)5-8-16-9-6-15-7-10-16/h3-4,11,15,17H,2,5-10H2,1H3. The highest BCUT2D eigenvalue weighted by atomic mass is 32.1. The van der Waals surface area contributed by atoms with Crippen LogP contribution in [0.15, 0.2) is 12.1 Å². The Bertz CT molecular complexity index is 430. The molecular formula is C14H22N2O3S. The third-order valence-electron chi connectivity index (χ3n) is 3.36. The number of ether oxygens (including phenoxy) is 1. The largest absolute Gasteiger partial charge is 0.462 e. The van der Waals surface area contributed by atoms with Gasteiger partial charge in [-0.3, -0.25) is 0 Å². The second-order valence-electron chi connectivity index (χ2n) is 4.82. The second-order valence-corrected chi connectivity index (χ2v) is 5.93.